The van der Waals surface area contributed by atoms with Gasteiger partial charge in [0.1, 0.15) is 6.54 Å². The summed E-state index contributed by atoms with van der Waals surface area (Å²) in [5.74, 6) is 0.529. The second kappa shape index (κ2) is 12.7. The lowest BCUT2D eigenvalue weighted by Crippen LogP contribution is -2.43. The molecule has 0 spiro atoms. The van der Waals surface area contributed by atoms with Gasteiger partial charge in [0.05, 0.1) is 19.3 Å². The van der Waals surface area contributed by atoms with Crippen molar-refractivity contribution >= 4 is 35.8 Å². The number of carbonyl (C=O) groups excluding carboxylic acids is 1. The number of hydrogen-bond donors (Lipinski definition) is 3. The predicted octanol–water partition coefficient (Wildman–Crippen LogP) is 1.27. The lowest BCUT2D eigenvalue weighted by Gasteiger charge is -2.20. The van der Waals surface area contributed by atoms with Gasteiger partial charge in [0.15, 0.2) is 5.96 Å². The summed E-state index contributed by atoms with van der Waals surface area (Å²) in [7, 11) is 0. The number of amides is 1. The van der Waals surface area contributed by atoms with Crippen molar-refractivity contribution in [2.24, 2.45) is 4.99 Å². The van der Waals surface area contributed by atoms with Gasteiger partial charge in [-0.25, -0.2) is 4.99 Å². The summed E-state index contributed by atoms with van der Waals surface area (Å²) >= 11 is 0. The smallest absolute Gasteiger partial charge is 0.242 e. The Morgan fingerprint density at radius 1 is 1.33 bits per heavy atom. The lowest BCUT2D eigenvalue weighted by atomic mass is 10.1. The molecule has 142 valence electrons. The minimum atomic E-state index is -0.242. The molecule has 1 heterocycles. The van der Waals surface area contributed by atoms with Crippen molar-refractivity contribution in [2.75, 3.05) is 39.5 Å². The molecular weight excluding hydrogens is 423 g/mol. The second-order valence-corrected chi connectivity index (χ2v) is 6.63. The predicted molar refractivity (Wildman–Crippen MR) is 107 cm³/mol. The number of halogens is 1. The maximum absolute atomic E-state index is 11.8. The summed E-state index contributed by atoms with van der Waals surface area (Å²) in [4.78, 5) is 16.1. The summed E-state index contributed by atoms with van der Waals surface area (Å²) < 4.78 is 11.1. The maximum Gasteiger partial charge on any atom is 0.242 e. The van der Waals surface area contributed by atoms with Gasteiger partial charge < -0.3 is 25.4 Å². The molecule has 1 aliphatic rings. The van der Waals surface area contributed by atoms with Crippen molar-refractivity contribution in [2.45, 2.75) is 52.2 Å². The Morgan fingerprint density at radius 3 is 2.67 bits per heavy atom. The number of hydrogen-bond acceptors (Lipinski definition) is 4. The fourth-order valence-corrected chi connectivity index (χ4v) is 2.18. The molecule has 1 atom stereocenters. The fraction of sp³-hybridized carbons (Fsp3) is 0.875. The summed E-state index contributed by atoms with van der Waals surface area (Å²) in [5, 5.41) is 9.15. The highest BCUT2D eigenvalue weighted by Crippen LogP contribution is 2.11. The molecule has 7 nitrogen and oxygen atoms in total. The molecule has 8 heteroatoms. The second-order valence-electron chi connectivity index (χ2n) is 6.63. The molecule has 0 aromatic heterocycles. The minimum absolute atomic E-state index is 0. The maximum atomic E-state index is 11.8. The van der Waals surface area contributed by atoms with E-state index in [1.165, 1.54) is 0 Å². The number of guanidine groups is 1. The Balaban J connectivity index is 0.00000529. The van der Waals surface area contributed by atoms with Crippen molar-refractivity contribution in [1.29, 1.82) is 0 Å². The molecule has 1 amide bonds. The molecule has 1 saturated heterocycles. The third kappa shape index (κ3) is 11.9. The van der Waals surface area contributed by atoms with E-state index in [-0.39, 0.29) is 48.1 Å². The van der Waals surface area contributed by atoms with Crippen LogP contribution in [0.1, 0.15) is 40.5 Å². The molecule has 1 aliphatic heterocycles. The number of carbonyl (C=O) groups is 1. The van der Waals surface area contributed by atoms with Crippen LogP contribution < -0.4 is 16.0 Å². The zero-order valence-corrected chi connectivity index (χ0v) is 17.6. The monoisotopic (exact) mass is 456 g/mol. The van der Waals surface area contributed by atoms with Crippen molar-refractivity contribution in [3.8, 4) is 0 Å². The first-order valence-corrected chi connectivity index (χ1v) is 8.43. The molecule has 0 aromatic rings. The first-order chi connectivity index (χ1) is 10.9. The normalized spacial score (nSPS) is 18.0. The minimum Gasteiger partial charge on any atom is -0.377 e. The lowest BCUT2D eigenvalue weighted by molar-refractivity contribution is -0.121. The Labute approximate surface area is 162 Å². The van der Waals surface area contributed by atoms with Crippen molar-refractivity contribution in [3.05, 3.63) is 0 Å². The van der Waals surface area contributed by atoms with E-state index >= 15 is 0 Å². The van der Waals surface area contributed by atoms with Gasteiger partial charge in [0.25, 0.3) is 0 Å². The van der Waals surface area contributed by atoms with Gasteiger partial charge in [-0.2, -0.15) is 0 Å². The average Bonchev–Trinajstić information content (AvgIpc) is 2.95. The molecule has 0 saturated carbocycles. The zero-order chi connectivity index (χ0) is 17.1. The Morgan fingerprint density at radius 2 is 2.08 bits per heavy atom. The Kier molecular flexibility index (Phi) is 12.4. The van der Waals surface area contributed by atoms with E-state index < -0.39 is 0 Å². The Bertz CT molecular complexity index is 380. The van der Waals surface area contributed by atoms with Crippen LogP contribution in [0.4, 0.5) is 0 Å². The van der Waals surface area contributed by atoms with Gasteiger partial charge in [-0.15, -0.1) is 24.0 Å². The molecule has 1 fully saturated rings. The SMILES string of the molecule is CCNC(=NCC(=O)NC(C)(C)C)NCCOCC1CCCO1.I. The van der Waals surface area contributed by atoms with E-state index in [4.69, 9.17) is 9.47 Å². The van der Waals surface area contributed by atoms with Crippen molar-refractivity contribution < 1.29 is 14.3 Å². The summed E-state index contributed by atoms with van der Waals surface area (Å²) in [6, 6.07) is 0. The fourth-order valence-electron chi connectivity index (χ4n) is 2.18. The van der Waals surface area contributed by atoms with Crippen LogP contribution in [0.2, 0.25) is 0 Å². The van der Waals surface area contributed by atoms with Gasteiger partial charge in [0, 0.05) is 25.2 Å². The molecule has 24 heavy (non-hydrogen) atoms. The first-order valence-electron chi connectivity index (χ1n) is 8.43. The van der Waals surface area contributed by atoms with Gasteiger partial charge in [0.2, 0.25) is 5.91 Å². The highest BCUT2D eigenvalue weighted by atomic mass is 127. The first kappa shape index (κ1) is 23.4. The number of aliphatic imine (C=N–C) groups is 1. The van der Waals surface area contributed by atoms with Crippen molar-refractivity contribution in [3.63, 3.8) is 0 Å². The topological polar surface area (TPSA) is 84.0 Å². The van der Waals surface area contributed by atoms with E-state index in [9.17, 15) is 4.79 Å². The highest BCUT2D eigenvalue weighted by molar-refractivity contribution is 14.0. The van der Waals surface area contributed by atoms with E-state index in [1.807, 2.05) is 27.7 Å². The van der Waals surface area contributed by atoms with Crippen LogP contribution in [-0.2, 0) is 14.3 Å². The van der Waals surface area contributed by atoms with Crippen LogP contribution >= 0.6 is 24.0 Å². The summed E-state index contributed by atoms with van der Waals surface area (Å²) in [6.07, 6.45) is 2.46. The third-order valence-corrected chi connectivity index (χ3v) is 3.11. The highest BCUT2D eigenvalue weighted by Gasteiger charge is 2.15. The van der Waals surface area contributed by atoms with Gasteiger partial charge in [-0.3, -0.25) is 4.79 Å². The van der Waals surface area contributed by atoms with Crippen LogP contribution in [0.25, 0.3) is 0 Å². The van der Waals surface area contributed by atoms with Gasteiger partial charge in [-0.05, 0) is 40.5 Å². The van der Waals surface area contributed by atoms with E-state index in [0.717, 1.165) is 26.0 Å². The number of nitrogens with one attached hydrogen (secondary N) is 3. The third-order valence-electron chi connectivity index (χ3n) is 3.11. The van der Waals surface area contributed by atoms with E-state index in [0.29, 0.717) is 25.7 Å². The molecule has 1 unspecified atom stereocenters. The molecule has 0 bridgehead atoms. The number of nitrogens with zero attached hydrogens (tertiary/aromatic N) is 1. The van der Waals surface area contributed by atoms with Crippen LogP contribution in [0.3, 0.4) is 0 Å². The molecule has 0 radical (unpaired) electrons. The van der Waals surface area contributed by atoms with Crippen LogP contribution in [0, 0.1) is 0 Å². The number of rotatable bonds is 8. The van der Waals surface area contributed by atoms with E-state index in [1.54, 1.807) is 0 Å². The molecular formula is C16H33IN4O3. The van der Waals surface area contributed by atoms with Crippen LogP contribution in [0.5, 0.6) is 0 Å². The molecule has 0 aliphatic carbocycles. The van der Waals surface area contributed by atoms with Crippen LogP contribution in [0.15, 0.2) is 4.99 Å². The zero-order valence-electron chi connectivity index (χ0n) is 15.3. The van der Waals surface area contributed by atoms with E-state index in [2.05, 4.69) is 20.9 Å². The largest absolute Gasteiger partial charge is 0.377 e. The van der Waals surface area contributed by atoms with Crippen LogP contribution in [-0.4, -0.2) is 63.0 Å². The number of ether oxygens (including phenoxy) is 2. The standard InChI is InChI=1S/C16H32N4O3.HI/c1-5-17-15(19-11-14(21)20-16(2,3)4)18-8-10-22-12-13-7-6-9-23-13;/h13H,5-12H2,1-4H3,(H,20,21)(H2,17,18,19);1H. The van der Waals surface area contributed by atoms with Gasteiger partial charge >= 0.3 is 0 Å². The molecule has 1 rings (SSSR count). The quantitative estimate of drug-likeness (QED) is 0.222. The Hall–Kier alpha value is -0.610. The van der Waals surface area contributed by atoms with Gasteiger partial charge in [-0.1, -0.05) is 0 Å². The van der Waals surface area contributed by atoms with Crippen molar-refractivity contribution in [1.82, 2.24) is 16.0 Å². The summed E-state index contributed by atoms with van der Waals surface area (Å²) in [6.45, 7) is 11.4. The average molecular weight is 456 g/mol. The summed E-state index contributed by atoms with van der Waals surface area (Å²) in [5.41, 5.74) is -0.242. The molecule has 0 aromatic carbocycles. The molecule has 3 N–H and O–H groups in total.